The first-order chi connectivity index (χ1) is 28.8. The Kier molecular flexibility index (Phi) is 8.26. The molecule has 11 aromatic carbocycles. The molecule has 0 aliphatic rings. The Morgan fingerprint density at radius 1 is 0.172 bits per heavy atom. The molecule has 0 fully saturated rings. The van der Waals surface area contributed by atoms with Crippen molar-refractivity contribution in [3.63, 3.8) is 0 Å². The molecule has 270 valence electrons. The maximum atomic E-state index is 2.44. The summed E-state index contributed by atoms with van der Waals surface area (Å²) in [6.45, 7) is 0. The van der Waals surface area contributed by atoms with Crippen LogP contribution in [0.2, 0.25) is 0 Å². The summed E-state index contributed by atoms with van der Waals surface area (Å²) < 4.78 is 0. The quantitative estimate of drug-likeness (QED) is 0.118. The van der Waals surface area contributed by atoms with Gasteiger partial charge >= 0.3 is 0 Å². The summed E-state index contributed by atoms with van der Waals surface area (Å²) in [5.74, 6) is 0. The number of benzene rings is 11. The Labute approximate surface area is 339 Å². The van der Waals surface area contributed by atoms with Gasteiger partial charge < -0.3 is 0 Å². The van der Waals surface area contributed by atoms with Crippen LogP contribution in [0, 0.1) is 0 Å². The van der Waals surface area contributed by atoms with Gasteiger partial charge in [-0.25, -0.2) is 0 Å². The summed E-state index contributed by atoms with van der Waals surface area (Å²) in [7, 11) is 0. The first-order valence-corrected chi connectivity index (χ1v) is 20.1. The molecule has 0 spiro atoms. The molecule has 0 N–H and O–H groups in total. The summed E-state index contributed by atoms with van der Waals surface area (Å²) in [5.41, 5.74) is 14.7. The standard InChI is InChI=1S/C58H38/c1-4-16-39(17-5-1)46-34-47(40-18-6-2-7-19-40)36-48(35-46)41-28-30-43(31-29-41)57-52-26-14-15-27-53(52)58(42-20-8-3-9-21-42)56-38-45(32-33-54(56)57)55-37-44-22-10-11-23-49(44)50-24-12-13-25-51(50)55/h1-38H. The first kappa shape index (κ1) is 33.8. The van der Waals surface area contributed by atoms with E-state index in [4.69, 9.17) is 0 Å². The lowest BCUT2D eigenvalue weighted by Crippen LogP contribution is -1.92. The number of fused-ring (bicyclic) bond motifs is 5. The molecule has 0 aromatic heterocycles. The average molecular weight is 735 g/mol. The molecule has 0 atom stereocenters. The molecule has 0 bridgehead atoms. The van der Waals surface area contributed by atoms with Crippen molar-refractivity contribution in [1.29, 1.82) is 0 Å². The maximum absolute atomic E-state index is 2.44. The Morgan fingerprint density at radius 3 is 1.14 bits per heavy atom. The highest BCUT2D eigenvalue weighted by molar-refractivity contribution is 6.22. The van der Waals surface area contributed by atoms with Crippen LogP contribution in [-0.2, 0) is 0 Å². The van der Waals surface area contributed by atoms with E-state index in [1.54, 1.807) is 0 Å². The van der Waals surface area contributed by atoms with Gasteiger partial charge in [-0.1, -0.05) is 200 Å². The highest BCUT2D eigenvalue weighted by Crippen LogP contribution is 2.46. The molecule has 0 heterocycles. The Morgan fingerprint density at radius 2 is 0.552 bits per heavy atom. The summed E-state index contributed by atoms with van der Waals surface area (Å²) in [5, 5.41) is 10.1. The molecule has 11 aromatic rings. The molecule has 0 amide bonds. The number of rotatable bonds is 6. The lowest BCUT2D eigenvalue weighted by molar-refractivity contribution is 1.56. The van der Waals surface area contributed by atoms with Crippen molar-refractivity contribution in [3.8, 4) is 66.8 Å². The van der Waals surface area contributed by atoms with Gasteiger partial charge in [0.05, 0.1) is 0 Å². The van der Waals surface area contributed by atoms with Gasteiger partial charge in [0, 0.05) is 0 Å². The fourth-order valence-corrected chi connectivity index (χ4v) is 9.08. The topological polar surface area (TPSA) is 0 Å². The van der Waals surface area contributed by atoms with Crippen LogP contribution >= 0.6 is 0 Å². The van der Waals surface area contributed by atoms with Crippen molar-refractivity contribution in [2.45, 2.75) is 0 Å². The highest BCUT2D eigenvalue weighted by atomic mass is 14.2. The summed E-state index contributed by atoms with van der Waals surface area (Å²) in [6, 6.07) is 84.6. The minimum absolute atomic E-state index is 1.19. The molecule has 58 heavy (non-hydrogen) atoms. The van der Waals surface area contributed by atoms with Crippen molar-refractivity contribution in [3.05, 3.63) is 231 Å². The van der Waals surface area contributed by atoms with E-state index in [1.807, 2.05) is 0 Å². The van der Waals surface area contributed by atoms with Gasteiger partial charge in [-0.3, -0.25) is 0 Å². The lowest BCUT2D eigenvalue weighted by atomic mass is 9.84. The molecule has 0 unspecified atom stereocenters. The van der Waals surface area contributed by atoms with E-state index < -0.39 is 0 Å². The molecular weight excluding hydrogens is 697 g/mol. The van der Waals surface area contributed by atoms with Crippen molar-refractivity contribution < 1.29 is 0 Å². The van der Waals surface area contributed by atoms with Gasteiger partial charge in [0.25, 0.3) is 0 Å². The predicted molar refractivity (Wildman–Crippen MR) is 249 cm³/mol. The summed E-state index contributed by atoms with van der Waals surface area (Å²) in [4.78, 5) is 0. The SMILES string of the molecule is c1ccc(-c2cc(-c3ccccc3)cc(-c3ccc(-c4c5ccccc5c(-c5ccccc5)c5cc(-c6cc7ccccc7c7ccccc67)ccc45)cc3)c2)cc1. The Balaban J connectivity index is 1.12. The molecule has 0 nitrogen and oxygen atoms in total. The van der Waals surface area contributed by atoms with Crippen LogP contribution in [-0.4, -0.2) is 0 Å². The van der Waals surface area contributed by atoms with E-state index in [2.05, 4.69) is 231 Å². The number of hydrogen-bond donors (Lipinski definition) is 0. The zero-order valence-corrected chi connectivity index (χ0v) is 31.9. The summed E-state index contributed by atoms with van der Waals surface area (Å²) in [6.07, 6.45) is 0. The normalized spacial score (nSPS) is 11.4. The first-order valence-electron chi connectivity index (χ1n) is 20.1. The minimum Gasteiger partial charge on any atom is -0.0622 e. The maximum Gasteiger partial charge on any atom is -0.00262 e. The van der Waals surface area contributed by atoms with Gasteiger partial charge in [0.1, 0.15) is 0 Å². The van der Waals surface area contributed by atoms with E-state index in [-0.39, 0.29) is 0 Å². The van der Waals surface area contributed by atoms with E-state index in [9.17, 15) is 0 Å². The van der Waals surface area contributed by atoms with Gasteiger partial charge in [-0.05, 0) is 140 Å². The molecule has 0 aliphatic heterocycles. The molecule has 0 saturated heterocycles. The Bertz CT molecular complexity index is 3230. The highest BCUT2D eigenvalue weighted by Gasteiger charge is 2.19. The fourth-order valence-electron chi connectivity index (χ4n) is 9.08. The monoisotopic (exact) mass is 734 g/mol. The van der Waals surface area contributed by atoms with Crippen LogP contribution in [0.1, 0.15) is 0 Å². The smallest absolute Gasteiger partial charge is 0.00262 e. The van der Waals surface area contributed by atoms with Crippen molar-refractivity contribution in [1.82, 2.24) is 0 Å². The van der Waals surface area contributed by atoms with Crippen molar-refractivity contribution in [2.24, 2.45) is 0 Å². The zero-order valence-electron chi connectivity index (χ0n) is 31.9. The van der Waals surface area contributed by atoms with Crippen LogP contribution in [0.15, 0.2) is 231 Å². The molecule has 0 heteroatoms. The second kappa shape index (κ2) is 14.2. The van der Waals surface area contributed by atoms with E-state index in [1.165, 1.54) is 110 Å². The molecule has 0 saturated carbocycles. The Hall–Kier alpha value is -7.54. The average Bonchev–Trinajstić information content (AvgIpc) is 3.31. The molecule has 0 aliphatic carbocycles. The molecular formula is C58H38. The van der Waals surface area contributed by atoms with Crippen LogP contribution in [0.3, 0.4) is 0 Å². The minimum atomic E-state index is 1.19. The van der Waals surface area contributed by atoms with Gasteiger partial charge in [-0.2, -0.15) is 0 Å². The van der Waals surface area contributed by atoms with E-state index in [0.29, 0.717) is 0 Å². The van der Waals surface area contributed by atoms with Crippen molar-refractivity contribution >= 4 is 43.1 Å². The van der Waals surface area contributed by atoms with Crippen molar-refractivity contribution in [2.75, 3.05) is 0 Å². The predicted octanol–water partition coefficient (Wildman–Crippen LogP) is 16.3. The second-order valence-corrected chi connectivity index (χ2v) is 15.2. The van der Waals surface area contributed by atoms with Crippen LogP contribution in [0.25, 0.3) is 110 Å². The zero-order chi connectivity index (χ0) is 38.4. The third-order valence-electron chi connectivity index (χ3n) is 11.8. The van der Waals surface area contributed by atoms with E-state index >= 15 is 0 Å². The van der Waals surface area contributed by atoms with Gasteiger partial charge in [0.2, 0.25) is 0 Å². The number of hydrogen-bond acceptors (Lipinski definition) is 0. The van der Waals surface area contributed by atoms with Gasteiger partial charge in [-0.15, -0.1) is 0 Å². The van der Waals surface area contributed by atoms with Crippen LogP contribution < -0.4 is 0 Å². The van der Waals surface area contributed by atoms with Gasteiger partial charge in [0.15, 0.2) is 0 Å². The third kappa shape index (κ3) is 5.86. The van der Waals surface area contributed by atoms with E-state index in [0.717, 1.165) is 0 Å². The lowest BCUT2D eigenvalue weighted by Gasteiger charge is -2.19. The fraction of sp³-hybridized carbons (Fsp3) is 0. The largest absolute Gasteiger partial charge is 0.0622 e. The third-order valence-corrected chi connectivity index (χ3v) is 11.8. The van der Waals surface area contributed by atoms with Crippen LogP contribution in [0.5, 0.6) is 0 Å². The molecule has 0 radical (unpaired) electrons. The second-order valence-electron chi connectivity index (χ2n) is 15.2. The molecule has 11 rings (SSSR count). The summed E-state index contributed by atoms with van der Waals surface area (Å²) >= 11 is 0. The van der Waals surface area contributed by atoms with Crippen LogP contribution in [0.4, 0.5) is 0 Å².